The van der Waals surface area contributed by atoms with Gasteiger partial charge < -0.3 is 4.34 Å². The second kappa shape index (κ2) is 6.65. The minimum absolute atomic E-state index is 0.0375. The van der Waals surface area contributed by atoms with Crippen LogP contribution in [0.4, 0.5) is 0 Å². The second-order valence-electron chi connectivity index (χ2n) is 4.94. The van der Waals surface area contributed by atoms with E-state index in [0.29, 0.717) is 5.71 Å². The molecule has 0 aliphatic heterocycles. The molecule has 1 aromatic rings. The molecule has 0 heterocycles. The van der Waals surface area contributed by atoms with E-state index in [2.05, 4.69) is 35.6 Å². The van der Waals surface area contributed by atoms with E-state index < -0.39 is 17.9 Å². The molecule has 0 bridgehead atoms. The normalized spacial score (nSPS) is 12.1. The third kappa shape index (κ3) is 3.92. The molecule has 0 saturated heterocycles. The van der Waals surface area contributed by atoms with E-state index in [4.69, 9.17) is 0 Å². The van der Waals surface area contributed by atoms with Crippen LogP contribution in [0.25, 0.3) is 0 Å². The molecule has 0 radical (unpaired) electrons. The Balaban J connectivity index is 3.16. The number of carbonyl (C=O) groups excluding carboxylic acids is 1. The zero-order valence-corrected chi connectivity index (χ0v) is 14.2. The molecule has 0 N–H and O–H groups in total. The van der Waals surface area contributed by atoms with Crippen LogP contribution < -0.4 is 0 Å². The lowest BCUT2D eigenvalue weighted by Crippen LogP contribution is -2.40. The SMILES string of the molecule is CC(=O)C(=NN([SiH](C)C)[SiH](C)C)c1ccccc1. The maximum absolute atomic E-state index is 11.8. The number of Topliss-reactive ketones (excluding diaryl/α,β-unsaturated/α-hetero) is 1. The first kappa shape index (κ1) is 14.9. The van der Waals surface area contributed by atoms with Crippen molar-refractivity contribution in [3.63, 3.8) is 0 Å². The molecule has 0 amide bonds. The average molecular weight is 279 g/mol. The maximum atomic E-state index is 11.8. The molecule has 1 aromatic carbocycles. The number of hydrogen-bond donors (Lipinski definition) is 0. The van der Waals surface area contributed by atoms with Gasteiger partial charge in [-0.3, -0.25) is 4.79 Å². The molecule has 0 aliphatic carbocycles. The van der Waals surface area contributed by atoms with Gasteiger partial charge in [-0.2, -0.15) is 5.10 Å². The number of benzene rings is 1. The fraction of sp³-hybridized carbons (Fsp3) is 0.385. The predicted octanol–water partition coefficient (Wildman–Crippen LogP) is 2.25. The number of hydrogen-bond acceptors (Lipinski definition) is 3. The van der Waals surface area contributed by atoms with Crippen molar-refractivity contribution in [1.82, 2.24) is 4.34 Å². The van der Waals surface area contributed by atoms with Gasteiger partial charge in [0, 0.05) is 12.5 Å². The molecule has 0 unspecified atom stereocenters. The van der Waals surface area contributed by atoms with Gasteiger partial charge in [-0.15, -0.1) is 0 Å². The highest BCUT2D eigenvalue weighted by Crippen LogP contribution is 2.07. The summed E-state index contributed by atoms with van der Waals surface area (Å²) in [6.07, 6.45) is 0. The van der Waals surface area contributed by atoms with Crippen molar-refractivity contribution in [3.05, 3.63) is 35.9 Å². The Bertz CT molecular complexity index is 422. The van der Waals surface area contributed by atoms with Gasteiger partial charge in [0.05, 0.1) is 0 Å². The van der Waals surface area contributed by atoms with E-state index in [9.17, 15) is 4.79 Å². The summed E-state index contributed by atoms with van der Waals surface area (Å²) in [5, 5.41) is 4.67. The molecule has 98 valence electrons. The van der Waals surface area contributed by atoms with Crippen molar-refractivity contribution >= 4 is 29.4 Å². The Kier molecular flexibility index (Phi) is 5.49. The molecule has 0 saturated carbocycles. The van der Waals surface area contributed by atoms with Gasteiger partial charge in [-0.05, 0) is 0 Å². The van der Waals surface area contributed by atoms with Gasteiger partial charge in [-0.25, -0.2) is 0 Å². The standard InChI is InChI=1S/C13H22N2OSi2/c1-11(16)13(12-9-7-6-8-10-12)14-15(17(2)3)18(4)5/h6-10,17-18H,1-5H3. The van der Waals surface area contributed by atoms with Crippen LogP contribution in [0.15, 0.2) is 35.4 Å². The lowest BCUT2D eigenvalue weighted by Gasteiger charge is -2.27. The van der Waals surface area contributed by atoms with Crippen LogP contribution in [0.3, 0.4) is 0 Å². The topological polar surface area (TPSA) is 32.7 Å². The van der Waals surface area contributed by atoms with Crippen molar-refractivity contribution in [2.45, 2.75) is 33.1 Å². The van der Waals surface area contributed by atoms with Crippen LogP contribution >= 0.6 is 0 Å². The maximum Gasteiger partial charge on any atom is 0.180 e. The Morgan fingerprint density at radius 3 is 1.94 bits per heavy atom. The zero-order valence-electron chi connectivity index (χ0n) is 11.8. The molecule has 0 spiro atoms. The Labute approximate surface area is 113 Å². The van der Waals surface area contributed by atoms with Gasteiger partial charge in [0.1, 0.15) is 23.6 Å². The first-order valence-corrected chi connectivity index (χ1v) is 12.0. The fourth-order valence-corrected chi connectivity index (χ4v) is 7.33. The van der Waals surface area contributed by atoms with Crippen molar-refractivity contribution in [2.75, 3.05) is 0 Å². The lowest BCUT2D eigenvalue weighted by molar-refractivity contribution is -0.111. The summed E-state index contributed by atoms with van der Waals surface area (Å²) >= 11 is 0. The van der Waals surface area contributed by atoms with Crippen LogP contribution in [0.5, 0.6) is 0 Å². The molecule has 3 nitrogen and oxygen atoms in total. The second-order valence-corrected chi connectivity index (χ2v) is 11.0. The van der Waals surface area contributed by atoms with Gasteiger partial charge in [0.2, 0.25) is 0 Å². The lowest BCUT2D eigenvalue weighted by atomic mass is 10.1. The number of hydrazone groups is 1. The summed E-state index contributed by atoms with van der Waals surface area (Å²) in [7, 11) is -2.02. The van der Waals surface area contributed by atoms with E-state index in [-0.39, 0.29) is 5.78 Å². The molecular formula is C13H22N2OSi2. The molecule has 18 heavy (non-hydrogen) atoms. The van der Waals surface area contributed by atoms with E-state index in [1.807, 2.05) is 30.3 Å². The first-order chi connectivity index (χ1) is 8.43. The summed E-state index contributed by atoms with van der Waals surface area (Å²) in [5.41, 5.74) is 1.51. The summed E-state index contributed by atoms with van der Waals surface area (Å²) in [6.45, 7) is 10.6. The minimum atomic E-state index is -1.01. The number of nitrogens with zero attached hydrogens (tertiary/aromatic N) is 2. The van der Waals surface area contributed by atoms with Gasteiger partial charge >= 0.3 is 0 Å². The quantitative estimate of drug-likeness (QED) is 0.470. The van der Waals surface area contributed by atoms with Crippen molar-refractivity contribution in [1.29, 1.82) is 0 Å². The highest BCUT2D eigenvalue weighted by Gasteiger charge is 2.16. The summed E-state index contributed by atoms with van der Waals surface area (Å²) < 4.78 is 2.24. The van der Waals surface area contributed by atoms with Crippen LogP contribution in [-0.4, -0.2) is 33.8 Å². The average Bonchev–Trinajstić information content (AvgIpc) is 2.29. The molecular weight excluding hydrogens is 256 g/mol. The van der Waals surface area contributed by atoms with Crippen LogP contribution in [0.2, 0.25) is 26.2 Å². The molecule has 0 aliphatic rings. The van der Waals surface area contributed by atoms with E-state index >= 15 is 0 Å². The van der Waals surface area contributed by atoms with Crippen LogP contribution in [0, 0.1) is 0 Å². The zero-order chi connectivity index (χ0) is 13.7. The Morgan fingerprint density at radius 2 is 1.56 bits per heavy atom. The van der Waals surface area contributed by atoms with Crippen molar-refractivity contribution < 1.29 is 4.79 Å². The third-order valence-corrected chi connectivity index (χ3v) is 8.58. The molecule has 0 atom stereocenters. The molecule has 0 aromatic heterocycles. The van der Waals surface area contributed by atoms with Crippen molar-refractivity contribution in [2.24, 2.45) is 5.10 Å². The Hall–Kier alpha value is -1.21. The van der Waals surface area contributed by atoms with E-state index in [1.165, 1.54) is 0 Å². The summed E-state index contributed by atoms with van der Waals surface area (Å²) in [5.74, 6) is 0.0375. The summed E-state index contributed by atoms with van der Waals surface area (Å²) in [4.78, 5) is 11.8. The number of ketones is 1. The van der Waals surface area contributed by atoms with Gasteiger partial charge in [0.15, 0.2) is 5.78 Å². The highest BCUT2D eigenvalue weighted by molar-refractivity contribution is 6.70. The fourth-order valence-electron chi connectivity index (χ4n) is 1.87. The first-order valence-electron chi connectivity index (χ1n) is 6.36. The molecule has 5 heteroatoms. The molecule has 1 rings (SSSR count). The number of rotatable bonds is 5. The van der Waals surface area contributed by atoms with Crippen LogP contribution in [0.1, 0.15) is 12.5 Å². The number of carbonyl (C=O) groups is 1. The Morgan fingerprint density at radius 1 is 1.06 bits per heavy atom. The summed E-state index contributed by atoms with van der Waals surface area (Å²) in [6, 6.07) is 9.73. The van der Waals surface area contributed by atoms with Gasteiger partial charge in [-0.1, -0.05) is 56.5 Å². The largest absolute Gasteiger partial charge is 0.354 e. The van der Waals surface area contributed by atoms with E-state index in [1.54, 1.807) is 6.92 Å². The molecule has 0 fully saturated rings. The van der Waals surface area contributed by atoms with Crippen molar-refractivity contribution in [3.8, 4) is 0 Å². The van der Waals surface area contributed by atoms with Gasteiger partial charge in [0.25, 0.3) is 0 Å². The van der Waals surface area contributed by atoms with E-state index in [0.717, 1.165) is 5.56 Å². The monoisotopic (exact) mass is 278 g/mol. The third-order valence-electron chi connectivity index (χ3n) is 2.65. The highest BCUT2D eigenvalue weighted by atomic mass is 28.3. The smallest absolute Gasteiger partial charge is 0.180 e. The predicted molar refractivity (Wildman–Crippen MR) is 83.3 cm³/mol. The van der Waals surface area contributed by atoms with Crippen LogP contribution in [-0.2, 0) is 4.79 Å². The minimum Gasteiger partial charge on any atom is -0.354 e.